The van der Waals surface area contributed by atoms with Gasteiger partial charge in [-0.2, -0.15) is 0 Å². The highest BCUT2D eigenvalue weighted by molar-refractivity contribution is 9.09. The third-order valence-corrected chi connectivity index (χ3v) is 4.87. The molecule has 0 saturated heterocycles. The van der Waals surface area contributed by atoms with Gasteiger partial charge in [0.05, 0.1) is 19.3 Å². The zero-order valence-electron chi connectivity index (χ0n) is 15.1. The Balaban J connectivity index is 1.49. The van der Waals surface area contributed by atoms with Gasteiger partial charge in [-0.15, -0.1) is 0 Å². The van der Waals surface area contributed by atoms with Gasteiger partial charge in [-0.1, -0.05) is 82.7 Å². The van der Waals surface area contributed by atoms with E-state index in [4.69, 9.17) is 9.47 Å². The Labute approximate surface area is 168 Å². The van der Waals surface area contributed by atoms with Crippen LogP contribution in [0.3, 0.4) is 0 Å². The lowest BCUT2D eigenvalue weighted by atomic mass is 10.0. The molecule has 0 radical (unpaired) electrons. The van der Waals surface area contributed by atoms with E-state index in [-0.39, 0.29) is 0 Å². The van der Waals surface area contributed by atoms with Crippen molar-refractivity contribution in [3.8, 4) is 5.75 Å². The van der Waals surface area contributed by atoms with Gasteiger partial charge in [0.2, 0.25) is 0 Å². The SMILES string of the molecule is O[C@@H](CBr)c1ccccc1COCc1ccc(OCc2ccccc2)cc1. The van der Waals surface area contributed by atoms with Crippen LogP contribution in [-0.2, 0) is 24.6 Å². The lowest BCUT2D eigenvalue weighted by molar-refractivity contribution is 0.104. The van der Waals surface area contributed by atoms with E-state index >= 15 is 0 Å². The molecular weight excluding hydrogens is 404 g/mol. The normalized spacial score (nSPS) is 11.9. The van der Waals surface area contributed by atoms with E-state index in [1.807, 2.05) is 78.9 Å². The molecule has 3 aromatic carbocycles. The Hall–Kier alpha value is -2.14. The summed E-state index contributed by atoms with van der Waals surface area (Å²) in [7, 11) is 0. The van der Waals surface area contributed by atoms with Gasteiger partial charge in [-0.3, -0.25) is 0 Å². The van der Waals surface area contributed by atoms with Crippen molar-refractivity contribution in [3.63, 3.8) is 0 Å². The van der Waals surface area contributed by atoms with E-state index in [2.05, 4.69) is 15.9 Å². The van der Waals surface area contributed by atoms with E-state index in [0.717, 1.165) is 28.0 Å². The van der Waals surface area contributed by atoms with Gasteiger partial charge < -0.3 is 14.6 Å². The predicted octanol–water partition coefficient (Wildman–Crippen LogP) is 5.41. The molecule has 0 aliphatic carbocycles. The average molecular weight is 427 g/mol. The van der Waals surface area contributed by atoms with Crippen LogP contribution in [0.15, 0.2) is 78.9 Å². The third-order valence-electron chi connectivity index (χ3n) is 4.26. The standard InChI is InChI=1S/C23H23BrO3/c24-14-23(25)22-9-5-4-8-20(22)17-26-15-19-10-12-21(13-11-19)27-16-18-6-2-1-3-7-18/h1-13,23,25H,14-17H2/t23-/m0/s1. The first-order valence-electron chi connectivity index (χ1n) is 8.91. The summed E-state index contributed by atoms with van der Waals surface area (Å²) in [4.78, 5) is 0. The van der Waals surface area contributed by atoms with Gasteiger partial charge in [-0.05, 0) is 34.4 Å². The van der Waals surface area contributed by atoms with E-state index in [1.54, 1.807) is 0 Å². The molecule has 0 aliphatic rings. The van der Waals surface area contributed by atoms with E-state index in [0.29, 0.717) is 25.2 Å². The molecule has 1 atom stereocenters. The highest BCUT2D eigenvalue weighted by Gasteiger charge is 2.10. The molecule has 3 rings (SSSR count). The first kappa shape index (κ1) is 19.6. The summed E-state index contributed by atoms with van der Waals surface area (Å²) >= 11 is 3.32. The van der Waals surface area contributed by atoms with Crippen molar-refractivity contribution in [3.05, 3.63) is 101 Å². The zero-order chi connectivity index (χ0) is 18.9. The maximum atomic E-state index is 10.1. The molecule has 0 unspecified atom stereocenters. The monoisotopic (exact) mass is 426 g/mol. The van der Waals surface area contributed by atoms with Gasteiger partial charge in [-0.25, -0.2) is 0 Å². The van der Waals surface area contributed by atoms with Crippen LogP contribution in [0.2, 0.25) is 0 Å². The molecular formula is C23H23BrO3. The van der Waals surface area contributed by atoms with Crippen molar-refractivity contribution >= 4 is 15.9 Å². The lowest BCUT2D eigenvalue weighted by Crippen LogP contribution is -2.04. The van der Waals surface area contributed by atoms with Gasteiger partial charge in [0.25, 0.3) is 0 Å². The van der Waals surface area contributed by atoms with Crippen molar-refractivity contribution in [2.24, 2.45) is 0 Å². The Morgan fingerprint density at radius 2 is 1.41 bits per heavy atom. The van der Waals surface area contributed by atoms with Crippen LogP contribution in [0.1, 0.15) is 28.4 Å². The summed E-state index contributed by atoms with van der Waals surface area (Å²) in [5.41, 5.74) is 4.14. The molecule has 0 saturated carbocycles. The highest BCUT2D eigenvalue weighted by atomic mass is 79.9. The maximum Gasteiger partial charge on any atom is 0.119 e. The fraction of sp³-hybridized carbons (Fsp3) is 0.217. The molecule has 140 valence electrons. The van der Waals surface area contributed by atoms with Gasteiger partial charge in [0.1, 0.15) is 12.4 Å². The largest absolute Gasteiger partial charge is 0.489 e. The van der Waals surface area contributed by atoms with Crippen LogP contribution in [0, 0.1) is 0 Å². The Morgan fingerprint density at radius 1 is 0.741 bits per heavy atom. The number of halogens is 1. The second kappa shape index (κ2) is 10.3. The summed E-state index contributed by atoms with van der Waals surface area (Å²) in [5.74, 6) is 0.841. The molecule has 0 bridgehead atoms. The molecule has 0 amide bonds. The van der Waals surface area contributed by atoms with Crippen LogP contribution in [0.25, 0.3) is 0 Å². The molecule has 0 aromatic heterocycles. The number of rotatable bonds is 9. The van der Waals surface area contributed by atoms with Gasteiger partial charge in [0, 0.05) is 5.33 Å². The lowest BCUT2D eigenvalue weighted by Gasteiger charge is -2.14. The van der Waals surface area contributed by atoms with Crippen LogP contribution in [-0.4, -0.2) is 10.4 Å². The first-order chi connectivity index (χ1) is 13.3. The quantitative estimate of drug-likeness (QED) is 0.464. The van der Waals surface area contributed by atoms with Gasteiger partial charge in [0.15, 0.2) is 0 Å². The number of hydrogen-bond acceptors (Lipinski definition) is 3. The summed E-state index contributed by atoms with van der Waals surface area (Å²) < 4.78 is 11.6. The molecule has 0 heterocycles. The molecule has 27 heavy (non-hydrogen) atoms. The minimum atomic E-state index is -0.522. The molecule has 0 aliphatic heterocycles. The number of hydrogen-bond donors (Lipinski definition) is 1. The molecule has 4 heteroatoms. The van der Waals surface area contributed by atoms with Crippen molar-refractivity contribution < 1.29 is 14.6 Å². The van der Waals surface area contributed by atoms with E-state index in [1.165, 1.54) is 0 Å². The molecule has 3 aromatic rings. The Morgan fingerprint density at radius 3 is 2.15 bits per heavy atom. The molecule has 1 N–H and O–H groups in total. The van der Waals surface area contributed by atoms with Crippen LogP contribution in [0.4, 0.5) is 0 Å². The smallest absolute Gasteiger partial charge is 0.119 e. The summed E-state index contributed by atoms with van der Waals surface area (Å²) in [5, 5.41) is 10.6. The van der Waals surface area contributed by atoms with Crippen LogP contribution < -0.4 is 4.74 Å². The van der Waals surface area contributed by atoms with E-state index < -0.39 is 6.10 Å². The van der Waals surface area contributed by atoms with Crippen molar-refractivity contribution in [2.45, 2.75) is 25.9 Å². The minimum Gasteiger partial charge on any atom is -0.489 e. The molecule has 0 spiro atoms. The summed E-state index contributed by atoms with van der Waals surface area (Å²) in [6.07, 6.45) is -0.522. The van der Waals surface area contributed by atoms with E-state index in [9.17, 15) is 5.11 Å². The second-order valence-corrected chi connectivity index (χ2v) is 6.93. The summed E-state index contributed by atoms with van der Waals surface area (Å²) in [6.45, 7) is 1.54. The number of aliphatic hydroxyl groups excluding tert-OH is 1. The average Bonchev–Trinajstić information content (AvgIpc) is 2.74. The topological polar surface area (TPSA) is 38.7 Å². The summed E-state index contributed by atoms with van der Waals surface area (Å²) in [6, 6.07) is 25.9. The fourth-order valence-electron chi connectivity index (χ4n) is 2.78. The number of aliphatic hydroxyl groups is 1. The minimum absolute atomic E-state index is 0.465. The predicted molar refractivity (Wildman–Crippen MR) is 111 cm³/mol. The number of benzene rings is 3. The first-order valence-corrected chi connectivity index (χ1v) is 10.0. The Bertz CT molecular complexity index is 819. The van der Waals surface area contributed by atoms with Crippen molar-refractivity contribution in [1.29, 1.82) is 0 Å². The fourth-order valence-corrected chi connectivity index (χ4v) is 3.12. The third kappa shape index (κ3) is 5.93. The van der Waals surface area contributed by atoms with Crippen LogP contribution >= 0.6 is 15.9 Å². The van der Waals surface area contributed by atoms with Crippen LogP contribution in [0.5, 0.6) is 5.75 Å². The zero-order valence-corrected chi connectivity index (χ0v) is 16.6. The van der Waals surface area contributed by atoms with Crippen molar-refractivity contribution in [1.82, 2.24) is 0 Å². The molecule has 3 nitrogen and oxygen atoms in total. The van der Waals surface area contributed by atoms with Gasteiger partial charge >= 0.3 is 0 Å². The highest BCUT2D eigenvalue weighted by Crippen LogP contribution is 2.21. The second-order valence-electron chi connectivity index (χ2n) is 6.28. The Kier molecular flexibility index (Phi) is 7.45. The number of ether oxygens (including phenoxy) is 2. The van der Waals surface area contributed by atoms with Crippen molar-refractivity contribution in [2.75, 3.05) is 5.33 Å². The number of alkyl halides is 1. The maximum absolute atomic E-state index is 10.1. The molecule has 0 fully saturated rings.